The number of hydrogen-bond acceptors (Lipinski definition) is 4. The average molecular weight is 351 g/mol. The molecular weight excluding hydrogens is 330 g/mol. The van der Waals surface area contributed by atoms with Gasteiger partial charge in [0.1, 0.15) is 0 Å². The lowest BCUT2D eigenvalue weighted by molar-refractivity contribution is -0.152. The SMILES string of the molecule is O=C(CN1CC(=O)N(Cc2ccccc2)C(=O)C1)NCc1ccccc1. The molecule has 2 aromatic carbocycles. The molecule has 0 saturated carbocycles. The predicted molar refractivity (Wildman–Crippen MR) is 96.7 cm³/mol. The van der Waals surface area contributed by atoms with Gasteiger partial charge in [-0.3, -0.25) is 24.2 Å². The van der Waals surface area contributed by atoms with Gasteiger partial charge in [-0.15, -0.1) is 0 Å². The van der Waals surface area contributed by atoms with Crippen LogP contribution in [0.3, 0.4) is 0 Å². The largest absolute Gasteiger partial charge is 0.351 e. The summed E-state index contributed by atoms with van der Waals surface area (Å²) in [5.74, 6) is -0.757. The van der Waals surface area contributed by atoms with Crippen LogP contribution in [-0.2, 0) is 27.5 Å². The van der Waals surface area contributed by atoms with Gasteiger partial charge >= 0.3 is 0 Å². The number of carbonyl (C=O) groups excluding carboxylic acids is 3. The predicted octanol–water partition coefficient (Wildman–Crippen LogP) is 1.17. The summed E-state index contributed by atoms with van der Waals surface area (Å²) in [5, 5.41) is 2.81. The molecule has 0 unspecified atom stereocenters. The minimum absolute atomic E-state index is 0.0312. The van der Waals surface area contributed by atoms with Crippen LogP contribution in [0.4, 0.5) is 0 Å². The molecule has 2 aromatic rings. The Morgan fingerprint density at radius 3 is 1.96 bits per heavy atom. The maximum atomic E-state index is 12.3. The highest BCUT2D eigenvalue weighted by atomic mass is 16.2. The zero-order chi connectivity index (χ0) is 18.4. The van der Waals surface area contributed by atoms with Gasteiger partial charge in [0.15, 0.2) is 0 Å². The van der Waals surface area contributed by atoms with Crippen molar-refractivity contribution < 1.29 is 14.4 Å². The first-order valence-corrected chi connectivity index (χ1v) is 8.52. The molecule has 1 aliphatic rings. The van der Waals surface area contributed by atoms with Crippen LogP contribution in [-0.4, -0.2) is 47.2 Å². The number of imide groups is 1. The van der Waals surface area contributed by atoms with Crippen molar-refractivity contribution in [3.63, 3.8) is 0 Å². The molecule has 0 radical (unpaired) electrons. The van der Waals surface area contributed by atoms with Crippen LogP contribution in [0.25, 0.3) is 0 Å². The molecule has 6 nitrogen and oxygen atoms in total. The van der Waals surface area contributed by atoms with Gasteiger partial charge < -0.3 is 5.32 Å². The van der Waals surface area contributed by atoms with Crippen molar-refractivity contribution in [1.82, 2.24) is 15.1 Å². The van der Waals surface area contributed by atoms with Crippen molar-refractivity contribution in [3.8, 4) is 0 Å². The highest BCUT2D eigenvalue weighted by Crippen LogP contribution is 2.10. The molecule has 1 aliphatic heterocycles. The number of rotatable bonds is 6. The van der Waals surface area contributed by atoms with Crippen molar-refractivity contribution in [2.75, 3.05) is 19.6 Å². The molecule has 0 bridgehead atoms. The standard InChI is InChI=1S/C20H21N3O3/c24-18(21-11-16-7-3-1-4-8-16)13-22-14-19(25)23(20(26)15-22)12-17-9-5-2-6-10-17/h1-10H,11-15H2,(H,21,24). The Morgan fingerprint density at radius 1 is 0.846 bits per heavy atom. The third-order valence-electron chi connectivity index (χ3n) is 4.20. The second kappa shape index (κ2) is 8.40. The van der Waals surface area contributed by atoms with E-state index in [1.54, 1.807) is 4.90 Å². The number of carbonyl (C=O) groups is 3. The highest BCUT2D eigenvalue weighted by molar-refractivity contribution is 5.99. The molecule has 134 valence electrons. The minimum Gasteiger partial charge on any atom is -0.351 e. The van der Waals surface area contributed by atoms with Crippen LogP contribution in [0, 0.1) is 0 Å². The van der Waals surface area contributed by atoms with Crippen LogP contribution in [0.15, 0.2) is 60.7 Å². The summed E-state index contributed by atoms with van der Waals surface area (Å²) in [4.78, 5) is 39.5. The van der Waals surface area contributed by atoms with E-state index in [0.717, 1.165) is 11.1 Å². The number of amides is 3. The van der Waals surface area contributed by atoms with E-state index in [1.807, 2.05) is 60.7 Å². The van der Waals surface area contributed by atoms with Crippen LogP contribution in [0.5, 0.6) is 0 Å². The molecule has 1 N–H and O–H groups in total. The van der Waals surface area contributed by atoms with Gasteiger partial charge in [-0.25, -0.2) is 0 Å². The highest BCUT2D eigenvalue weighted by Gasteiger charge is 2.31. The van der Waals surface area contributed by atoms with Crippen LogP contribution in [0.1, 0.15) is 11.1 Å². The van der Waals surface area contributed by atoms with Gasteiger partial charge in [-0.2, -0.15) is 0 Å². The van der Waals surface area contributed by atoms with E-state index < -0.39 is 0 Å². The number of nitrogens with zero attached hydrogens (tertiary/aromatic N) is 2. The lowest BCUT2D eigenvalue weighted by Gasteiger charge is -2.32. The van der Waals surface area contributed by atoms with Crippen molar-refractivity contribution in [2.24, 2.45) is 0 Å². The van der Waals surface area contributed by atoms with E-state index in [-0.39, 0.29) is 43.9 Å². The third-order valence-corrected chi connectivity index (χ3v) is 4.20. The van der Waals surface area contributed by atoms with E-state index in [4.69, 9.17) is 0 Å². The van der Waals surface area contributed by atoms with E-state index in [0.29, 0.717) is 6.54 Å². The molecule has 0 aromatic heterocycles. The zero-order valence-electron chi connectivity index (χ0n) is 14.4. The molecule has 3 amide bonds. The van der Waals surface area contributed by atoms with Gasteiger partial charge in [0.2, 0.25) is 17.7 Å². The molecule has 3 rings (SSSR count). The molecule has 0 atom stereocenters. The maximum absolute atomic E-state index is 12.3. The Morgan fingerprint density at radius 2 is 1.38 bits per heavy atom. The lowest BCUT2D eigenvalue weighted by Crippen LogP contribution is -2.55. The molecule has 26 heavy (non-hydrogen) atoms. The summed E-state index contributed by atoms with van der Waals surface area (Å²) in [6, 6.07) is 19.0. The average Bonchev–Trinajstić information content (AvgIpc) is 2.65. The topological polar surface area (TPSA) is 69.7 Å². The van der Waals surface area contributed by atoms with Crippen LogP contribution >= 0.6 is 0 Å². The Labute approximate surface area is 152 Å². The lowest BCUT2D eigenvalue weighted by atomic mass is 10.2. The molecular formula is C20H21N3O3. The van der Waals surface area contributed by atoms with E-state index in [9.17, 15) is 14.4 Å². The fourth-order valence-corrected chi connectivity index (χ4v) is 2.86. The van der Waals surface area contributed by atoms with Crippen molar-refractivity contribution in [2.45, 2.75) is 13.1 Å². The third kappa shape index (κ3) is 4.77. The van der Waals surface area contributed by atoms with Gasteiger partial charge in [0.25, 0.3) is 0 Å². The summed E-state index contributed by atoms with van der Waals surface area (Å²) in [5.41, 5.74) is 1.91. The quantitative estimate of drug-likeness (QED) is 0.794. The summed E-state index contributed by atoms with van der Waals surface area (Å²) in [6.07, 6.45) is 0. The smallest absolute Gasteiger partial charge is 0.243 e. The molecule has 0 aliphatic carbocycles. The zero-order valence-corrected chi connectivity index (χ0v) is 14.4. The Hall–Kier alpha value is -2.99. The normalized spacial score (nSPS) is 15.2. The summed E-state index contributed by atoms with van der Waals surface area (Å²) in [6.45, 7) is 0.861. The van der Waals surface area contributed by atoms with E-state index >= 15 is 0 Å². The Kier molecular flexibility index (Phi) is 5.76. The van der Waals surface area contributed by atoms with Gasteiger partial charge in [0.05, 0.1) is 26.2 Å². The first-order valence-electron chi connectivity index (χ1n) is 8.52. The maximum Gasteiger partial charge on any atom is 0.243 e. The number of hydrogen-bond donors (Lipinski definition) is 1. The summed E-state index contributed by atoms with van der Waals surface area (Å²) < 4.78 is 0. The van der Waals surface area contributed by atoms with E-state index in [1.165, 1.54) is 4.90 Å². The van der Waals surface area contributed by atoms with Gasteiger partial charge in [-0.05, 0) is 11.1 Å². The molecule has 1 heterocycles. The molecule has 6 heteroatoms. The Balaban J connectivity index is 1.50. The second-order valence-electron chi connectivity index (χ2n) is 6.27. The van der Waals surface area contributed by atoms with Gasteiger partial charge in [-0.1, -0.05) is 60.7 Å². The number of piperazine rings is 1. The van der Waals surface area contributed by atoms with Crippen molar-refractivity contribution in [3.05, 3.63) is 71.8 Å². The Bertz CT molecular complexity index is 757. The first kappa shape index (κ1) is 17.8. The minimum atomic E-state index is -0.277. The van der Waals surface area contributed by atoms with E-state index in [2.05, 4.69) is 5.32 Å². The fraction of sp³-hybridized carbons (Fsp3) is 0.250. The first-order chi connectivity index (χ1) is 12.6. The molecule has 1 saturated heterocycles. The molecule has 1 fully saturated rings. The second-order valence-corrected chi connectivity index (χ2v) is 6.27. The van der Waals surface area contributed by atoms with Crippen LogP contribution < -0.4 is 5.32 Å². The van der Waals surface area contributed by atoms with Crippen molar-refractivity contribution >= 4 is 17.7 Å². The monoisotopic (exact) mass is 351 g/mol. The number of nitrogens with one attached hydrogen (secondary N) is 1. The van der Waals surface area contributed by atoms with Gasteiger partial charge in [0, 0.05) is 6.54 Å². The van der Waals surface area contributed by atoms with Crippen molar-refractivity contribution in [1.29, 1.82) is 0 Å². The summed E-state index contributed by atoms with van der Waals surface area (Å²) >= 11 is 0. The fourth-order valence-electron chi connectivity index (χ4n) is 2.86. The molecule has 0 spiro atoms. The number of benzene rings is 2. The summed E-state index contributed by atoms with van der Waals surface area (Å²) in [7, 11) is 0. The van der Waals surface area contributed by atoms with Crippen LogP contribution in [0.2, 0.25) is 0 Å².